The molecule has 0 aliphatic carbocycles. The van der Waals surface area contributed by atoms with Crippen LogP contribution in [0.3, 0.4) is 0 Å². The van der Waals surface area contributed by atoms with Gasteiger partial charge >= 0.3 is 5.97 Å². The van der Waals surface area contributed by atoms with Crippen LogP contribution < -0.4 is 4.90 Å². The Labute approximate surface area is 124 Å². The van der Waals surface area contributed by atoms with Crippen LogP contribution in [0.2, 0.25) is 0 Å². The molecule has 0 saturated heterocycles. The summed E-state index contributed by atoms with van der Waals surface area (Å²) in [6.07, 6.45) is 0.450. The molecule has 112 valence electrons. The highest BCUT2D eigenvalue weighted by Crippen LogP contribution is 2.31. The third-order valence-electron chi connectivity index (χ3n) is 3.64. The highest BCUT2D eigenvalue weighted by molar-refractivity contribution is 6.07. The first-order valence-electron chi connectivity index (χ1n) is 6.60. The number of hydrogen-bond donors (Lipinski definition) is 1. The summed E-state index contributed by atoms with van der Waals surface area (Å²) in [5.41, 5.74) is 1.30. The fourth-order valence-electron chi connectivity index (χ4n) is 2.50. The molecule has 1 amide bonds. The molecule has 2 aromatic rings. The van der Waals surface area contributed by atoms with Crippen LogP contribution in [0.5, 0.6) is 0 Å². The summed E-state index contributed by atoms with van der Waals surface area (Å²) in [5.74, 6) is -3.39. The number of carbonyl (C=O) groups is 2. The molecule has 6 heteroatoms. The Kier molecular flexibility index (Phi) is 3.36. The number of aromatic carboxylic acids is 1. The number of nitrogens with zero attached hydrogens (tertiary/aromatic N) is 1. The van der Waals surface area contributed by atoms with E-state index in [1.54, 1.807) is 0 Å². The van der Waals surface area contributed by atoms with Crippen molar-refractivity contribution in [1.82, 2.24) is 0 Å². The maximum Gasteiger partial charge on any atom is 0.335 e. The van der Waals surface area contributed by atoms with Gasteiger partial charge in [-0.15, -0.1) is 0 Å². The molecule has 0 saturated carbocycles. The minimum Gasteiger partial charge on any atom is -0.478 e. The highest BCUT2D eigenvalue weighted by atomic mass is 19.2. The minimum atomic E-state index is -1.08. The van der Waals surface area contributed by atoms with Gasteiger partial charge in [-0.05, 0) is 42.3 Å². The number of hydrogen-bond acceptors (Lipinski definition) is 2. The third kappa shape index (κ3) is 2.32. The zero-order chi connectivity index (χ0) is 15.9. The van der Waals surface area contributed by atoms with E-state index in [4.69, 9.17) is 5.11 Å². The highest BCUT2D eigenvalue weighted by Gasteiger charge is 2.27. The van der Waals surface area contributed by atoms with Gasteiger partial charge in [0.25, 0.3) is 5.91 Å². The van der Waals surface area contributed by atoms with Crippen molar-refractivity contribution in [2.24, 2.45) is 0 Å². The monoisotopic (exact) mass is 303 g/mol. The van der Waals surface area contributed by atoms with E-state index >= 15 is 0 Å². The number of benzene rings is 2. The van der Waals surface area contributed by atoms with Gasteiger partial charge in [0.1, 0.15) is 0 Å². The number of rotatable bonds is 2. The zero-order valence-electron chi connectivity index (χ0n) is 11.3. The minimum absolute atomic E-state index is 0.0755. The molecule has 2 aromatic carbocycles. The van der Waals surface area contributed by atoms with Crippen LogP contribution in [0.15, 0.2) is 36.4 Å². The summed E-state index contributed by atoms with van der Waals surface area (Å²) in [4.78, 5) is 24.6. The van der Waals surface area contributed by atoms with Gasteiger partial charge in [0, 0.05) is 18.2 Å². The molecule has 1 heterocycles. The summed E-state index contributed by atoms with van der Waals surface area (Å²) in [5, 5.41) is 8.84. The van der Waals surface area contributed by atoms with Crippen LogP contribution in [0.4, 0.5) is 14.5 Å². The fraction of sp³-hybridized carbons (Fsp3) is 0.125. The normalized spacial score (nSPS) is 13.1. The Balaban J connectivity index is 1.92. The van der Waals surface area contributed by atoms with Crippen LogP contribution in [0, 0.1) is 11.6 Å². The van der Waals surface area contributed by atoms with Crippen LogP contribution in [0.1, 0.15) is 26.3 Å². The van der Waals surface area contributed by atoms with E-state index in [0.717, 1.165) is 12.1 Å². The molecule has 1 aliphatic heterocycles. The van der Waals surface area contributed by atoms with Crippen molar-refractivity contribution < 1.29 is 23.5 Å². The Morgan fingerprint density at radius 1 is 1.00 bits per heavy atom. The van der Waals surface area contributed by atoms with E-state index in [9.17, 15) is 18.4 Å². The van der Waals surface area contributed by atoms with Crippen molar-refractivity contribution in [3.63, 3.8) is 0 Å². The predicted octanol–water partition coefficient (Wildman–Crippen LogP) is 2.87. The first-order valence-corrected chi connectivity index (χ1v) is 6.60. The van der Waals surface area contributed by atoms with E-state index < -0.39 is 17.6 Å². The van der Waals surface area contributed by atoms with Gasteiger partial charge in [-0.3, -0.25) is 4.79 Å². The maximum atomic E-state index is 13.4. The topological polar surface area (TPSA) is 57.6 Å². The zero-order valence-corrected chi connectivity index (χ0v) is 11.3. The summed E-state index contributed by atoms with van der Waals surface area (Å²) in [6.45, 7) is 0.331. The van der Waals surface area contributed by atoms with Crippen molar-refractivity contribution in [2.45, 2.75) is 6.42 Å². The molecule has 1 N–H and O–H groups in total. The number of halogens is 2. The smallest absolute Gasteiger partial charge is 0.335 e. The van der Waals surface area contributed by atoms with Crippen molar-refractivity contribution in [3.8, 4) is 0 Å². The third-order valence-corrected chi connectivity index (χ3v) is 3.64. The van der Waals surface area contributed by atoms with Gasteiger partial charge in [0.2, 0.25) is 0 Å². The molecule has 0 unspecified atom stereocenters. The molecule has 3 rings (SSSR count). The van der Waals surface area contributed by atoms with E-state index in [-0.39, 0.29) is 11.5 Å². The summed E-state index contributed by atoms with van der Waals surface area (Å²) < 4.78 is 26.6. The molecule has 0 spiro atoms. The lowest BCUT2D eigenvalue weighted by Gasteiger charge is -2.17. The second-order valence-corrected chi connectivity index (χ2v) is 4.98. The Morgan fingerprint density at radius 3 is 2.23 bits per heavy atom. The average molecular weight is 303 g/mol. The van der Waals surface area contributed by atoms with E-state index in [2.05, 4.69) is 0 Å². The number of fused-ring (bicyclic) bond motifs is 1. The Hall–Kier alpha value is -2.76. The molecular formula is C16H11F2NO3. The Bertz CT molecular complexity index is 772. The molecule has 0 fully saturated rings. The van der Waals surface area contributed by atoms with E-state index in [1.165, 1.54) is 29.2 Å². The van der Waals surface area contributed by atoms with Gasteiger partial charge in [0.15, 0.2) is 11.6 Å². The number of carbonyl (C=O) groups excluding carboxylic acids is 1. The first kappa shape index (κ1) is 14.2. The van der Waals surface area contributed by atoms with Gasteiger partial charge < -0.3 is 10.0 Å². The van der Waals surface area contributed by atoms with Crippen molar-refractivity contribution in [1.29, 1.82) is 0 Å². The molecule has 0 bridgehead atoms. The summed E-state index contributed by atoms with van der Waals surface area (Å²) in [7, 11) is 0. The van der Waals surface area contributed by atoms with Gasteiger partial charge in [-0.1, -0.05) is 0 Å². The van der Waals surface area contributed by atoms with Crippen LogP contribution in [0.25, 0.3) is 0 Å². The molecular weight excluding hydrogens is 292 g/mol. The number of carboxylic acids is 1. The van der Waals surface area contributed by atoms with Gasteiger partial charge in [-0.2, -0.15) is 0 Å². The van der Waals surface area contributed by atoms with Gasteiger partial charge in [0.05, 0.1) is 11.3 Å². The first-order chi connectivity index (χ1) is 10.5. The molecule has 0 aromatic heterocycles. The molecule has 0 atom stereocenters. The van der Waals surface area contributed by atoms with Gasteiger partial charge in [-0.25, -0.2) is 13.6 Å². The van der Waals surface area contributed by atoms with Crippen LogP contribution >= 0.6 is 0 Å². The van der Waals surface area contributed by atoms with Crippen molar-refractivity contribution >= 4 is 17.6 Å². The van der Waals surface area contributed by atoms with Crippen molar-refractivity contribution in [3.05, 3.63) is 64.7 Å². The number of carboxylic acid groups (broad SMARTS) is 1. The standard InChI is InChI=1S/C16H11F2NO3/c17-12-7-11-5-6-19(14(11)8-13(12)18)15(20)9-1-3-10(4-2-9)16(21)22/h1-4,7-8H,5-6H2,(H,21,22). The van der Waals surface area contributed by atoms with Crippen LogP contribution in [-0.2, 0) is 6.42 Å². The lowest BCUT2D eigenvalue weighted by atomic mass is 10.1. The largest absolute Gasteiger partial charge is 0.478 e. The Morgan fingerprint density at radius 2 is 1.59 bits per heavy atom. The van der Waals surface area contributed by atoms with E-state index in [0.29, 0.717) is 29.8 Å². The molecule has 1 aliphatic rings. The summed E-state index contributed by atoms with van der Waals surface area (Å²) in [6, 6.07) is 7.59. The molecule has 4 nitrogen and oxygen atoms in total. The molecule has 0 radical (unpaired) electrons. The number of anilines is 1. The van der Waals surface area contributed by atoms with Crippen molar-refractivity contribution in [2.75, 3.05) is 11.4 Å². The fourth-order valence-corrected chi connectivity index (χ4v) is 2.50. The lowest BCUT2D eigenvalue weighted by Crippen LogP contribution is -2.29. The molecule has 22 heavy (non-hydrogen) atoms. The second-order valence-electron chi connectivity index (χ2n) is 4.98. The van der Waals surface area contributed by atoms with E-state index in [1.807, 2.05) is 0 Å². The quantitative estimate of drug-likeness (QED) is 0.928. The average Bonchev–Trinajstić information content (AvgIpc) is 2.90. The maximum absolute atomic E-state index is 13.4. The SMILES string of the molecule is O=C(O)c1ccc(C(=O)N2CCc3cc(F)c(F)cc32)cc1. The predicted molar refractivity (Wildman–Crippen MR) is 75.1 cm³/mol. The summed E-state index contributed by atoms with van der Waals surface area (Å²) >= 11 is 0. The lowest BCUT2D eigenvalue weighted by molar-refractivity contribution is 0.0696. The number of amides is 1. The van der Waals surface area contributed by atoms with Crippen LogP contribution in [-0.4, -0.2) is 23.5 Å². The second kappa shape index (κ2) is 5.22.